The van der Waals surface area contributed by atoms with Crippen molar-refractivity contribution in [3.05, 3.63) is 54.0 Å². The normalized spacial score (nSPS) is 11.4. The van der Waals surface area contributed by atoms with Crippen LogP contribution in [0.2, 0.25) is 0 Å². The van der Waals surface area contributed by atoms with Gasteiger partial charge in [-0.1, -0.05) is 23.9 Å². The van der Waals surface area contributed by atoms with Crippen molar-refractivity contribution < 1.29 is 21.9 Å². The number of halogens is 2. The molecule has 8 nitrogen and oxygen atoms in total. The molecule has 1 N–H and O–H groups in total. The van der Waals surface area contributed by atoms with Crippen molar-refractivity contribution in [3.8, 4) is 5.88 Å². The number of nitrogens with one attached hydrogen (secondary N) is 1. The number of thioether (sulfide) groups is 1. The Morgan fingerprint density at radius 3 is 2.75 bits per heavy atom. The van der Waals surface area contributed by atoms with Crippen LogP contribution in [-0.2, 0) is 22.8 Å². The zero-order valence-electron chi connectivity index (χ0n) is 14.8. The Hall–Kier alpha value is -2.73. The van der Waals surface area contributed by atoms with Crippen molar-refractivity contribution >= 4 is 27.6 Å². The number of methoxy groups -OCH3 is 1. The van der Waals surface area contributed by atoms with Gasteiger partial charge in [-0.3, -0.25) is 4.72 Å². The maximum atomic E-state index is 13.8. The van der Waals surface area contributed by atoms with E-state index in [9.17, 15) is 17.2 Å². The van der Waals surface area contributed by atoms with Gasteiger partial charge in [-0.2, -0.15) is 13.4 Å². The maximum Gasteiger partial charge on any atom is 0.282 e. The number of rotatable bonds is 7. The van der Waals surface area contributed by atoms with Crippen molar-refractivity contribution in [1.29, 1.82) is 0 Å². The summed E-state index contributed by atoms with van der Waals surface area (Å²) in [5, 5.41) is -0.0506. The molecule has 0 aliphatic carbocycles. The van der Waals surface area contributed by atoms with Gasteiger partial charge in [-0.25, -0.2) is 18.7 Å². The Morgan fingerprint density at radius 1 is 1.29 bits per heavy atom. The lowest BCUT2D eigenvalue weighted by Crippen LogP contribution is -2.15. The first-order valence-electron chi connectivity index (χ1n) is 7.78. The molecular weight excluding hydrogens is 412 g/mol. The van der Waals surface area contributed by atoms with Crippen LogP contribution >= 0.6 is 11.8 Å². The molecular formula is C16H15F2N5O3S2. The van der Waals surface area contributed by atoms with E-state index in [1.165, 1.54) is 42.4 Å². The molecule has 0 radical (unpaired) electrons. The molecule has 0 amide bonds. The summed E-state index contributed by atoms with van der Waals surface area (Å²) in [5.41, 5.74) is 0.132. The van der Waals surface area contributed by atoms with Gasteiger partial charge in [0.25, 0.3) is 10.0 Å². The number of benzene rings is 1. The number of anilines is 1. The quantitative estimate of drug-likeness (QED) is 0.457. The van der Waals surface area contributed by atoms with Crippen molar-refractivity contribution in [2.75, 3.05) is 11.8 Å². The molecule has 12 heteroatoms. The lowest BCUT2D eigenvalue weighted by molar-refractivity contribution is 0.393. The molecule has 1 aromatic carbocycles. The third-order valence-corrected chi connectivity index (χ3v) is 5.61. The second-order valence-electron chi connectivity index (χ2n) is 5.56. The number of nitrogens with zero attached hydrogens (tertiary/aromatic N) is 4. The van der Waals surface area contributed by atoms with Gasteiger partial charge < -0.3 is 9.30 Å². The Bertz CT molecular complexity index is 1110. The molecule has 0 fully saturated rings. The number of ether oxygens (including phenoxy) is 1. The van der Waals surface area contributed by atoms with Crippen molar-refractivity contribution in [2.45, 2.75) is 15.9 Å². The molecule has 148 valence electrons. The number of aromatic nitrogens is 4. The molecule has 28 heavy (non-hydrogen) atoms. The lowest BCUT2D eigenvalue weighted by Gasteiger charge is -2.09. The first-order chi connectivity index (χ1) is 13.3. The topological polar surface area (TPSA) is 99.0 Å². The Kier molecular flexibility index (Phi) is 5.79. The number of aryl methyl sites for hydroxylation is 1. The van der Waals surface area contributed by atoms with Crippen molar-refractivity contribution in [1.82, 2.24) is 19.5 Å². The summed E-state index contributed by atoms with van der Waals surface area (Å²) in [6.07, 6.45) is 2.69. The van der Waals surface area contributed by atoms with Crippen LogP contribution in [0.15, 0.2) is 47.0 Å². The van der Waals surface area contributed by atoms with Crippen LogP contribution in [0.3, 0.4) is 0 Å². The van der Waals surface area contributed by atoms with Crippen LogP contribution in [0.25, 0.3) is 0 Å². The highest BCUT2D eigenvalue weighted by atomic mass is 32.2. The second kappa shape index (κ2) is 8.10. The van der Waals surface area contributed by atoms with E-state index in [-0.39, 0.29) is 33.2 Å². The minimum Gasteiger partial charge on any atom is -0.481 e. The average molecular weight is 427 g/mol. The van der Waals surface area contributed by atoms with Gasteiger partial charge in [0.1, 0.15) is 5.82 Å². The van der Waals surface area contributed by atoms with Crippen LogP contribution in [-0.4, -0.2) is 35.0 Å². The Labute approximate surface area is 164 Å². The minimum absolute atomic E-state index is 0.0419. The summed E-state index contributed by atoms with van der Waals surface area (Å²) < 4.78 is 60.8. The van der Waals surface area contributed by atoms with Gasteiger partial charge in [0.05, 0.1) is 13.4 Å². The predicted molar refractivity (Wildman–Crippen MR) is 98.5 cm³/mol. The van der Waals surface area contributed by atoms with Crippen molar-refractivity contribution in [2.24, 2.45) is 7.05 Å². The van der Waals surface area contributed by atoms with Gasteiger partial charge in [-0.15, -0.1) is 0 Å². The van der Waals surface area contributed by atoms with E-state index in [0.717, 1.165) is 17.8 Å². The van der Waals surface area contributed by atoms with E-state index in [2.05, 4.69) is 19.7 Å². The fourth-order valence-corrected chi connectivity index (χ4v) is 3.95. The van der Waals surface area contributed by atoms with E-state index in [0.29, 0.717) is 0 Å². The molecule has 0 saturated carbocycles. The zero-order valence-corrected chi connectivity index (χ0v) is 16.4. The standard InChI is InChI=1S/C16H15F2N5O3S2/c1-23-7-14(19-9-23)28(24,25)22-12-6-13(26-2)21-16(20-12)27-8-10-4-3-5-11(17)15(10)18/h3-7,9H,8H2,1-2H3,(H,20,21,22). The van der Waals surface area contributed by atoms with E-state index in [4.69, 9.17) is 4.74 Å². The van der Waals surface area contributed by atoms with E-state index in [1.54, 1.807) is 7.05 Å². The minimum atomic E-state index is -3.96. The third-order valence-electron chi connectivity index (χ3n) is 3.48. The highest BCUT2D eigenvalue weighted by Crippen LogP contribution is 2.26. The van der Waals surface area contributed by atoms with E-state index >= 15 is 0 Å². The molecule has 3 rings (SSSR count). The van der Waals surface area contributed by atoms with E-state index < -0.39 is 21.7 Å². The second-order valence-corrected chi connectivity index (χ2v) is 8.13. The summed E-state index contributed by atoms with van der Waals surface area (Å²) in [7, 11) is -0.960. The third kappa shape index (κ3) is 4.57. The fraction of sp³-hybridized carbons (Fsp3) is 0.188. The van der Waals surface area contributed by atoms with Crippen molar-refractivity contribution in [3.63, 3.8) is 0 Å². The highest BCUT2D eigenvalue weighted by Gasteiger charge is 2.19. The monoisotopic (exact) mass is 427 g/mol. The molecule has 0 bridgehead atoms. The van der Waals surface area contributed by atoms with E-state index in [1.807, 2.05) is 0 Å². The highest BCUT2D eigenvalue weighted by molar-refractivity contribution is 7.98. The maximum absolute atomic E-state index is 13.8. The summed E-state index contributed by atoms with van der Waals surface area (Å²) in [5.74, 6) is -1.79. The summed E-state index contributed by atoms with van der Waals surface area (Å²) >= 11 is 1.00. The molecule has 2 heterocycles. The smallest absolute Gasteiger partial charge is 0.282 e. The first kappa shape index (κ1) is 20.0. The van der Waals surface area contributed by atoms with Crippen LogP contribution < -0.4 is 9.46 Å². The number of imidazole rings is 1. The lowest BCUT2D eigenvalue weighted by atomic mass is 10.2. The molecule has 0 atom stereocenters. The summed E-state index contributed by atoms with van der Waals surface area (Å²) in [6, 6.07) is 5.16. The largest absolute Gasteiger partial charge is 0.481 e. The van der Waals surface area contributed by atoms with Crippen LogP contribution in [0.1, 0.15) is 5.56 Å². The van der Waals surface area contributed by atoms with Gasteiger partial charge in [0.15, 0.2) is 21.8 Å². The number of sulfonamides is 1. The van der Waals surface area contributed by atoms with Gasteiger partial charge in [0.2, 0.25) is 5.88 Å². The number of hydrogen-bond donors (Lipinski definition) is 1. The molecule has 0 aliphatic rings. The summed E-state index contributed by atoms with van der Waals surface area (Å²) in [4.78, 5) is 12.0. The average Bonchev–Trinajstić information content (AvgIpc) is 3.10. The van der Waals surface area contributed by atoms with Crippen LogP contribution in [0, 0.1) is 11.6 Å². The first-order valence-corrected chi connectivity index (χ1v) is 10.2. The van der Waals surface area contributed by atoms with Crippen LogP contribution in [0.5, 0.6) is 5.88 Å². The van der Waals surface area contributed by atoms with Gasteiger partial charge in [0, 0.05) is 30.6 Å². The summed E-state index contributed by atoms with van der Waals surface area (Å²) in [6.45, 7) is 0. The molecule has 3 aromatic rings. The SMILES string of the molecule is COc1cc(NS(=O)(=O)c2cn(C)cn2)nc(SCc2cccc(F)c2F)n1. The van der Waals surface area contributed by atoms with Gasteiger partial charge >= 0.3 is 0 Å². The van der Waals surface area contributed by atoms with Crippen LogP contribution in [0.4, 0.5) is 14.6 Å². The predicted octanol–water partition coefficient (Wildman–Crippen LogP) is 2.59. The molecule has 0 spiro atoms. The zero-order chi connectivity index (χ0) is 20.3. The molecule has 0 aliphatic heterocycles. The molecule has 0 unspecified atom stereocenters. The fourth-order valence-electron chi connectivity index (χ4n) is 2.15. The number of hydrogen-bond acceptors (Lipinski definition) is 7. The Balaban J connectivity index is 1.83. The van der Waals surface area contributed by atoms with Gasteiger partial charge in [-0.05, 0) is 6.07 Å². The molecule has 2 aromatic heterocycles. The molecule has 0 saturated heterocycles. The Morgan fingerprint density at radius 2 is 2.07 bits per heavy atom.